The molecule has 23 heavy (non-hydrogen) atoms. The summed E-state index contributed by atoms with van der Waals surface area (Å²) in [5, 5.41) is 11.8. The van der Waals surface area contributed by atoms with Gasteiger partial charge in [-0.2, -0.15) is 5.10 Å². The van der Waals surface area contributed by atoms with E-state index in [9.17, 15) is 13.2 Å². The second-order valence-corrected chi connectivity index (χ2v) is 6.94. The normalized spacial score (nSPS) is 12.8. The Morgan fingerprint density at radius 3 is 2.70 bits per heavy atom. The van der Waals surface area contributed by atoms with Crippen molar-refractivity contribution < 1.29 is 13.2 Å². The van der Waals surface area contributed by atoms with Crippen molar-refractivity contribution >= 4 is 15.9 Å². The smallest absolute Gasteiger partial charge is 0.241 e. The number of benzene rings is 1. The van der Waals surface area contributed by atoms with Crippen molar-refractivity contribution in [3.05, 3.63) is 47.8 Å². The van der Waals surface area contributed by atoms with Crippen LogP contribution in [-0.4, -0.2) is 24.1 Å². The number of nitrogens with zero attached hydrogens (tertiary/aromatic N) is 2. The summed E-state index contributed by atoms with van der Waals surface area (Å²) in [5.41, 5.74) is 2.18. The van der Waals surface area contributed by atoms with Crippen LogP contribution in [-0.2, 0) is 21.4 Å². The number of aryl methyl sites for hydroxylation is 2. The average Bonchev–Trinajstić information content (AvgIpc) is 2.94. The van der Waals surface area contributed by atoms with Gasteiger partial charge in [0.25, 0.3) is 0 Å². The Morgan fingerprint density at radius 1 is 1.39 bits per heavy atom. The molecule has 0 saturated carbocycles. The fourth-order valence-corrected chi connectivity index (χ4v) is 2.76. The lowest BCUT2D eigenvalue weighted by atomic mass is 10.0. The van der Waals surface area contributed by atoms with Gasteiger partial charge in [-0.15, -0.1) is 0 Å². The summed E-state index contributed by atoms with van der Waals surface area (Å²) in [5.74, 6) is -0.131. The molecule has 0 aliphatic rings. The zero-order chi connectivity index (χ0) is 17.0. The third-order valence-corrected chi connectivity index (χ3v) is 4.41. The maximum atomic E-state index is 12.0. The molecule has 0 aliphatic heterocycles. The molecule has 0 radical (unpaired) electrons. The van der Waals surface area contributed by atoms with E-state index in [1.165, 1.54) is 17.1 Å². The second kappa shape index (κ2) is 6.93. The molecule has 0 fully saturated rings. The fraction of sp³-hybridized carbons (Fsp3) is 0.333. The molecule has 0 saturated heterocycles. The van der Waals surface area contributed by atoms with Gasteiger partial charge in [-0.3, -0.25) is 9.48 Å². The lowest BCUT2D eigenvalue weighted by molar-refractivity contribution is -0.122. The van der Waals surface area contributed by atoms with E-state index < -0.39 is 10.0 Å². The Labute approximate surface area is 135 Å². The highest BCUT2D eigenvalue weighted by Gasteiger charge is 2.13. The third-order valence-electron chi connectivity index (χ3n) is 3.54. The number of amides is 1. The first-order chi connectivity index (χ1) is 10.8. The molecule has 1 aromatic heterocycles. The number of carbonyl (C=O) groups is 1. The van der Waals surface area contributed by atoms with Crippen LogP contribution in [0.2, 0.25) is 0 Å². The molecule has 1 amide bonds. The van der Waals surface area contributed by atoms with E-state index in [2.05, 4.69) is 10.4 Å². The number of carbonyl (C=O) groups excluding carboxylic acids is 1. The van der Waals surface area contributed by atoms with Crippen LogP contribution in [0.5, 0.6) is 0 Å². The van der Waals surface area contributed by atoms with Crippen LogP contribution in [0.25, 0.3) is 0 Å². The minimum atomic E-state index is -3.76. The van der Waals surface area contributed by atoms with Crippen molar-refractivity contribution in [2.24, 2.45) is 5.14 Å². The quantitative estimate of drug-likeness (QED) is 0.824. The van der Waals surface area contributed by atoms with Crippen molar-refractivity contribution in [3.8, 4) is 0 Å². The Balaban J connectivity index is 1.90. The number of sulfonamides is 1. The summed E-state index contributed by atoms with van der Waals surface area (Å²) in [7, 11) is -3.76. The molecule has 1 atom stereocenters. The Morgan fingerprint density at radius 2 is 2.09 bits per heavy atom. The van der Waals surface area contributed by atoms with Gasteiger partial charge in [0.05, 0.1) is 12.2 Å². The van der Waals surface area contributed by atoms with Gasteiger partial charge in [-0.05, 0) is 25.0 Å². The SMILES string of the molecule is Cc1ccccc1[C@@H](C)NC(=O)CCn1cc(S(N)(=O)=O)cn1. The Hall–Kier alpha value is -2.19. The molecule has 7 nitrogen and oxygen atoms in total. The minimum absolute atomic E-state index is 0.0637. The van der Waals surface area contributed by atoms with E-state index in [1.54, 1.807) is 0 Å². The molecule has 0 spiro atoms. The topological polar surface area (TPSA) is 107 Å². The number of rotatable bonds is 6. The van der Waals surface area contributed by atoms with E-state index in [0.29, 0.717) is 0 Å². The van der Waals surface area contributed by atoms with E-state index in [-0.39, 0.29) is 29.8 Å². The first kappa shape index (κ1) is 17.2. The molecule has 1 aromatic carbocycles. The number of nitrogens with one attached hydrogen (secondary N) is 1. The van der Waals surface area contributed by atoms with Crippen molar-refractivity contribution in [3.63, 3.8) is 0 Å². The van der Waals surface area contributed by atoms with Crippen LogP contribution in [0.1, 0.15) is 30.5 Å². The van der Waals surface area contributed by atoms with E-state index >= 15 is 0 Å². The standard InChI is InChI=1S/C15H20N4O3S/c1-11-5-3-4-6-14(11)12(2)18-15(20)7-8-19-10-13(9-17-19)23(16,21)22/h3-6,9-10,12H,7-8H2,1-2H3,(H,18,20)(H2,16,21,22)/t12-/m1/s1. The maximum absolute atomic E-state index is 12.0. The van der Waals surface area contributed by atoms with Crippen molar-refractivity contribution in [2.75, 3.05) is 0 Å². The summed E-state index contributed by atoms with van der Waals surface area (Å²) in [6.07, 6.45) is 2.68. The maximum Gasteiger partial charge on any atom is 0.241 e. The van der Waals surface area contributed by atoms with Crippen molar-refractivity contribution in [1.82, 2.24) is 15.1 Å². The second-order valence-electron chi connectivity index (χ2n) is 5.38. The fourth-order valence-electron chi connectivity index (χ4n) is 2.29. The summed E-state index contributed by atoms with van der Waals surface area (Å²) in [6, 6.07) is 7.77. The number of hydrogen-bond donors (Lipinski definition) is 2. The minimum Gasteiger partial charge on any atom is -0.350 e. The van der Waals surface area contributed by atoms with E-state index in [1.807, 2.05) is 38.1 Å². The molecule has 8 heteroatoms. The predicted molar refractivity (Wildman–Crippen MR) is 86.0 cm³/mol. The van der Waals surface area contributed by atoms with Crippen LogP contribution in [0.4, 0.5) is 0 Å². The number of nitrogens with two attached hydrogens (primary N) is 1. The summed E-state index contributed by atoms with van der Waals surface area (Å²) in [6.45, 7) is 4.20. The summed E-state index contributed by atoms with van der Waals surface area (Å²) >= 11 is 0. The van der Waals surface area contributed by atoms with Gasteiger partial charge in [0.15, 0.2) is 0 Å². The van der Waals surface area contributed by atoms with Crippen molar-refractivity contribution in [2.45, 2.75) is 37.8 Å². The molecule has 0 aliphatic carbocycles. The first-order valence-electron chi connectivity index (χ1n) is 7.17. The molecular weight excluding hydrogens is 316 g/mol. The molecule has 0 unspecified atom stereocenters. The first-order valence-corrected chi connectivity index (χ1v) is 8.72. The van der Waals surface area contributed by atoms with Gasteiger partial charge in [-0.1, -0.05) is 24.3 Å². The monoisotopic (exact) mass is 336 g/mol. The predicted octanol–water partition coefficient (Wildman–Crippen LogP) is 1.11. The number of hydrogen-bond acceptors (Lipinski definition) is 4. The summed E-state index contributed by atoms with van der Waals surface area (Å²) in [4.78, 5) is 12.0. The zero-order valence-corrected chi connectivity index (χ0v) is 13.9. The Kier molecular flexibility index (Phi) is 5.17. The largest absolute Gasteiger partial charge is 0.350 e. The van der Waals surface area contributed by atoms with Gasteiger partial charge in [0.1, 0.15) is 4.90 Å². The van der Waals surface area contributed by atoms with Crippen LogP contribution < -0.4 is 10.5 Å². The Bertz CT molecular complexity index is 799. The lowest BCUT2D eigenvalue weighted by Crippen LogP contribution is -2.28. The van der Waals surface area contributed by atoms with Gasteiger partial charge < -0.3 is 5.32 Å². The van der Waals surface area contributed by atoms with Gasteiger partial charge in [0.2, 0.25) is 15.9 Å². The third kappa shape index (κ3) is 4.64. The molecular formula is C15H20N4O3S. The van der Waals surface area contributed by atoms with Crippen LogP contribution in [0.3, 0.4) is 0 Å². The number of primary sulfonamides is 1. The molecule has 2 aromatic rings. The number of aromatic nitrogens is 2. The molecule has 124 valence electrons. The molecule has 1 heterocycles. The zero-order valence-electron chi connectivity index (χ0n) is 13.1. The van der Waals surface area contributed by atoms with Gasteiger partial charge in [0, 0.05) is 19.2 Å². The highest BCUT2D eigenvalue weighted by molar-refractivity contribution is 7.89. The molecule has 2 rings (SSSR count). The van der Waals surface area contributed by atoms with E-state index in [0.717, 1.165) is 11.1 Å². The molecule has 3 N–H and O–H groups in total. The van der Waals surface area contributed by atoms with Crippen LogP contribution in [0, 0.1) is 6.92 Å². The highest BCUT2D eigenvalue weighted by Crippen LogP contribution is 2.16. The van der Waals surface area contributed by atoms with E-state index in [4.69, 9.17) is 5.14 Å². The van der Waals surface area contributed by atoms with Gasteiger partial charge >= 0.3 is 0 Å². The lowest BCUT2D eigenvalue weighted by Gasteiger charge is -2.16. The highest BCUT2D eigenvalue weighted by atomic mass is 32.2. The molecule has 0 bridgehead atoms. The van der Waals surface area contributed by atoms with Crippen LogP contribution in [0.15, 0.2) is 41.6 Å². The summed E-state index contributed by atoms with van der Waals surface area (Å²) < 4.78 is 23.7. The van der Waals surface area contributed by atoms with Crippen molar-refractivity contribution in [1.29, 1.82) is 0 Å². The van der Waals surface area contributed by atoms with Crippen LogP contribution >= 0.6 is 0 Å². The average molecular weight is 336 g/mol. The van der Waals surface area contributed by atoms with Gasteiger partial charge in [-0.25, -0.2) is 13.6 Å².